The Bertz CT molecular complexity index is 1100. The highest BCUT2D eigenvalue weighted by molar-refractivity contribution is 7.47. The highest BCUT2D eigenvalue weighted by Gasteiger charge is 2.25. The molecule has 0 aromatic rings. The quantitative estimate of drug-likeness (QED) is 0.0282. The van der Waals surface area contributed by atoms with E-state index in [1.54, 1.807) is 6.92 Å². The summed E-state index contributed by atoms with van der Waals surface area (Å²) in [4.78, 5) is 34.8. The summed E-state index contributed by atoms with van der Waals surface area (Å²) in [5.41, 5.74) is 0. The van der Waals surface area contributed by atoms with E-state index >= 15 is 0 Å². The Balaban J connectivity index is 4.10. The van der Waals surface area contributed by atoms with Crippen LogP contribution in [0, 0.1) is 0 Å². The maximum absolute atomic E-state index is 12.6. The molecule has 2 unspecified atom stereocenters. The van der Waals surface area contributed by atoms with Crippen molar-refractivity contribution in [3.05, 3.63) is 60.8 Å². The van der Waals surface area contributed by atoms with Gasteiger partial charge in [-0.15, -0.1) is 0 Å². The van der Waals surface area contributed by atoms with E-state index in [2.05, 4.69) is 74.6 Å². The number of allylic oxidation sites excluding steroid dienone is 10. The first kappa shape index (κ1) is 53.8. The summed E-state index contributed by atoms with van der Waals surface area (Å²) in [7, 11) is -4.29. The van der Waals surface area contributed by atoms with Crippen molar-refractivity contribution in [3.8, 4) is 0 Å². The molecule has 0 aromatic heterocycles. The van der Waals surface area contributed by atoms with E-state index in [1.807, 2.05) is 0 Å². The molecule has 56 heavy (non-hydrogen) atoms. The second-order valence-corrected chi connectivity index (χ2v) is 16.1. The SMILES string of the molecule is CC/C=C\C/C=C\C/C=C\C/C=C\CCCCCCCCC(=O)OC(COC(=O)CCCCCCCCC/C=C\CCCCCCCC)COP(=O)(O)OCC. The van der Waals surface area contributed by atoms with E-state index in [0.717, 1.165) is 83.5 Å². The van der Waals surface area contributed by atoms with Gasteiger partial charge in [0.1, 0.15) is 6.61 Å². The number of carbonyl (C=O) groups is 2. The first-order valence-electron chi connectivity index (χ1n) is 22.6. The Morgan fingerprint density at radius 3 is 1.39 bits per heavy atom. The molecule has 0 aliphatic carbocycles. The molecule has 0 fully saturated rings. The van der Waals surface area contributed by atoms with Crippen molar-refractivity contribution in [2.45, 2.75) is 207 Å². The second-order valence-electron chi connectivity index (χ2n) is 14.7. The fourth-order valence-electron chi connectivity index (χ4n) is 6.03. The predicted octanol–water partition coefficient (Wildman–Crippen LogP) is 14.3. The lowest BCUT2D eigenvalue weighted by molar-refractivity contribution is -0.161. The van der Waals surface area contributed by atoms with Crippen molar-refractivity contribution >= 4 is 19.8 Å². The fraction of sp³-hybridized carbons (Fsp3) is 0.745. The minimum absolute atomic E-state index is 0.00560. The van der Waals surface area contributed by atoms with Gasteiger partial charge in [0.2, 0.25) is 0 Å². The number of phosphoric acid groups is 1. The zero-order chi connectivity index (χ0) is 41.1. The predicted molar refractivity (Wildman–Crippen MR) is 235 cm³/mol. The van der Waals surface area contributed by atoms with Crippen molar-refractivity contribution in [2.75, 3.05) is 19.8 Å². The molecule has 0 rings (SSSR count). The van der Waals surface area contributed by atoms with Gasteiger partial charge >= 0.3 is 19.8 Å². The molecule has 0 bridgehead atoms. The number of carbonyl (C=O) groups excluding carboxylic acids is 2. The van der Waals surface area contributed by atoms with Crippen LogP contribution < -0.4 is 0 Å². The van der Waals surface area contributed by atoms with Crippen LogP contribution in [0.25, 0.3) is 0 Å². The van der Waals surface area contributed by atoms with Gasteiger partial charge in [-0.2, -0.15) is 0 Å². The number of esters is 2. The van der Waals surface area contributed by atoms with E-state index in [1.165, 1.54) is 77.0 Å². The van der Waals surface area contributed by atoms with Crippen molar-refractivity contribution < 1.29 is 37.6 Å². The summed E-state index contributed by atoms with van der Waals surface area (Å²) in [6.07, 6.45) is 51.3. The lowest BCUT2D eigenvalue weighted by Gasteiger charge is -2.19. The molecule has 0 saturated carbocycles. The van der Waals surface area contributed by atoms with E-state index < -0.39 is 26.5 Å². The van der Waals surface area contributed by atoms with Crippen molar-refractivity contribution in [1.29, 1.82) is 0 Å². The lowest BCUT2D eigenvalue weighted by atomic mass is 10.1. The van der Waals surface area contributed by atoms with E-state index in [0.29, 0.717) is 6.42 Å². The van der Waals surface area contributed by atoms with Crippen LogP contribution in [0.1, 0.15) is 201 Å². The standard InChI is InChI=1S/C47H83O8P/c1-4-7-9-11-13-15-17-19-21-23-24-26-28-30-32-34-36-38-40-42-47(49)55-45(44-54-56(50,51)53-6-3)43-52-46(48)41-39-37-35-33-31-29-27-25-22-20-18-16-14-12-10-8-5-2/h7,9,13,15,19-22,24,26,45H,4-6,8,10-12,14,16-18,23,25,27-44H2,1-3H3,(H,50,51)/b9-7-,15-13-,21-19-,22-20-,26-24-. The number of rotatable bonds is 41. The molecule has 0 heterocycles. The zero-order valence-corrected chi connectivity index (χ0v) is 36.9. The highest BCUT2D eigenvalue weighted by Crippen LogP contribution is 2.43. The van der Waals surface area contributed by atoms with Crippen molar-refractivity contribution in [2.24, 2.45) is 0 Å². The lowest BCUT2D eigenvalue weighted by Crippen LogP contribution is -2.29. The molecule has 8 nitrogen and oxygen atoms in total. The van der Waals surface area contributed by atoms with E-state index in [9.17, 15) is 19.0 Å². The van der Waals surface area contributed by atoms with Gasteiger partial charge in [0.15, 0.2) is 6.10 Å². The van der Waals surface area contributed by atoms with Crippen LogP contribution in [0.15, 0.2) is 60.8 Å². The molecule has 324 valence electrons. The van der Waals surface area contributed by atoms with Crippen LogP contribution in [0.5, 0.6) is 0 Å². The zero-order valence-electron chi connectivity index (χ0n) is 36.0. The van der Waals surface area contributed by atoms with E-state index in [4.69, 9.17) is 18.5 Å². The van der Waals surface area contributed by atoms with Crippen LogP contribution in [0.3, 0.4) is 0 Å². The minimum Gasteiger partial charge on any atom is -0.462 e. The van der Waals surface area contributed by atoms with E-state index in [-0.39, 0.29) is 32.0 Å². The molecule has 0 aromatic carbocycles. The second kappa shape index (κ2) is 42.4. The van der Waals surface area contributed by atoms with Gasteiger partial charge in [-0.05, 0) is 84.0 Å². The number of unbranched alkanes of at least 4 members (excludes halogenated alkanes) is 19. The molecule has 0 aliphatic rings. The Kier molecular flexibility index (Phi) is 40.7. The molecule has 0 spiro atoms. The van der Waals surface area contributed by atoms with Crippen LogP contribution in [-0.4, -0.2) is 42.8 Å². The first-order chi connectivity index (χ1) is 27.3. The van der Waals surface area contributed by atoms with Gasteiger partial charge in [0.25, 0.3) is 0 Å². The van der Waals surface area contributed by atoms with Gasteiger partial charge in [-0.25, -0.2) is 4.57 Å². The average Bonchev–Trinajstić information content (AvgIpc) is 3.18. The molecular formula is C47H83O8P. The van der Waals surface area contributed by atoms with Gasteiger partial charge in [-0.3, -0.25) is 18.6 Å². The third-order valence-electron chi connectivity index (χ3n) is 9.31. The van der Waals surface area contributed by atoms with Gasteiger partial charge in [0, 0.05) is 12.8 Å². The number of hydrogen-bond donors (Lipinski definition) is 1. The maximum atomic E-state index is 12.6. The molecule has 1 N–H and O–H groups in total. The monoisotopic (exact) mass is 807 g/mol. The summed E-state index contributed by atoms with van der Waals surface area (Å²) in [5, 5.41) is 0. The summed E-state index contributed by atoms with van der Waals surface area (Å²) in [6.45, 7) is 5.34. The normalized spacial score (nSPS) is 13.9. The number of phosphoric ester groups is 1. The summed E-state index contributed by atoms with van der Waals surface area (Å²) >= 11 is 0. The fourth-order valence-corrected chi connectivity index (χ4v) is 6.78. The molecule has 2 atom stereocenters. The Labute approximate surface area is 343 Å². The first-order valence-corrected chi connectivity index (χ1v) is 24.1. The van der Waals surface area contributed by atoms with Crippen LogP contribution in [0.2, 0.25) is 0 Å². The largest absolute Gasteiger partial charge is 0.472 e. The molecule has 9 heteroatoms. The maximum Gasteiger partial charge on any atom is 0.472 e. The molecule has 0 aliphatic heterocycles. The molecule has 0 saturated heterocycles. The van der Waals surface area contributed by atoms with Crippen LogP contribution in [0.4, 0.5) is 0 Å². The van der Waals surface area contributed by atoms with Gasteiger partial charge in [0.05, 0.1) is 13.2 Å². The summed E-state index contributed by atoms with van der Waals surface area (Å²) in [5.74, 6) is -0.819. The van der Waals surface area contributed by atoms with Crippen LogP contribution in [-0.2, 0) is 32.7 Å². The summed E-state index contributed by atoms with van der Waals surface area (Å²) < 4.78 is 32.7. The average molecular weight is 807 g/mol. The van der Waals surface area contributed by atoms with Crippen LogP contribution >= 0.6 is 7.82 Å². The van der Waals surface area contributed by atoms with Gasteiger partial charge in [-0.1, -0.05) is 164 Å². The number of ether oxygens (including phenoxy) is 2. The van der Waals surface area contributed by atoms with Crippen molar-refractivity contribution in [3.63, 3.8) is 0 Å². The third-order valence-corrected chi connectivity index (χ3v) is 10.4. The highest BCUT2D eigenvalue weighted by atomic mass is 31.2. The topological polar surface area (TPSA) is 108 Å². The Hall–Kier alpha value is -2.25. The summed E-state index contributed by atoms with van der Waals surface area (Å²) in [6, 6.07) is 0. The molecule has 0 radical (unpaired) electrons. The molecule has 0 amide bonds. The number of hydrogen-bond acceptors (Lipinski definition) is 7. The molecular weight excluding hydrogens is 723 g/mol. The Morgan fingerprint density at radius 1 is 0.500 bits per heavy atom. The minimum atomic E-state index is -4.29. The van der Waals surface area contributed by atoms with Crippen molar-refractivity contribution in [1.82, 2.24) is 0 Å². The third kappa shape index (κ3) is 41.4. The Morgan fingerprint density at radius 2 is 0.911 bits per heavy atom. The smallest absolute Gasteiger partial charge is 0.462 e. The van der Waals surface area contributed by atoms with Gasteiger partial charge < -0.3 is 14.4 Å².